The molecule has 1 atom stereocenters. The van der Waals surface area contributed by atoms with Crippen LogP contribution in [0.4, 0.5) is 10.5 Å². The van der Waals surface area contributed by atoms with Gasteiger partial charge in [0, 0.05) is 36.3 Å². The molecule has 0 spiro atoms. The fourth-order valence-corrected chi connectivity index (χ4v) is 4.89. The molecule has 2 aromatic rings. The Kier molecular flexibility index (Phi) is 7.87. The summed E-state index contributed by atoms with van der Waals surface area (Å²) in [5.41, 5.74) is 2.60. The van der Waals surface area contributed by atoms with E-state index in [1.165, 1.54) is 19.3 Å². The first-order valence-corrected chi connectivity index (χ1v) is 12.3. The summed E-state index contributed by atoms with van der Waals surface area (Å²) in [6, 6.07) is 15.6. The van der Waals surface area contributed by atoms with Crippen molar-refractivity contribution in [3.8, 4) is 5.75 Å². The second kappa shape index (κ2) is 11.2. The number of rotatable bonds is 6. The summed E-state index contributed by atoms with van der Waals surface area (Å²) in [6.07, 6.45) is 7.77. The Morgan fingerprint density at radius 1 is 1.00 bits per heavy atom. The van der Waals surface area contributed by atoms with E-state index in [1.54, 1.807) is 0 Å². The fourth-order valence-electron chi connectivity index (χ4n) is 4.89. The summed E-state index contributed by atoms with van der Waals surface area (Å²) in [5.74, 6) is 1.04. The number of piperidine rings is 1. The number of anilines is 1. The number of urea groups is 1. The molecule has 6 nitrogen and oxygen atoms in total. The number of hydrogen-bond donors (Lipinski definition) is 2. The van der Waals surface area contributed by atoms with Crippen LogP contribution in [-0.2, 0) is 0 Å². The van der Waals surface area contributed by atoms with E-state index in [1.807, 2.05) is 54.3 Å². The first kappa shape index (κ1) is 23.1. The molecule has 4 rings (SSSR count). The molecular formula is C27H35N3O3. The van der Waals surface area contributed by atoms with Gasteiger partial charge < -0.3 is 20.3 Å². The highest BCUT2D eigenvalue weighted by Gasteiger charge is 2.26. The summed E-state index contributed by atoms with van der Waals surface area (Å²) in [6.45, 7) is 3.95. The molecular weight excluding hydrogens is 414 g/mol. The Morgan fingerprint density at radius 2 is 1.79 bits per heavy atom. The van der Waals surface area contributed by atoms with Crippen molar-refractivity contribution in [2.45, 2.75) is 63.8 Å². The minimum Gasteiger partial charge on any atom is -0.494 e. The zero-order valence-corrected chi connectivity index (χ0v) is 19.5. The van der Waals surface area contributed by atoms with Gasteiger partial charge in [-0.2, -0.15) is 0 Å². The van der Waals surface area contributed by atoms with Crippen LogP contribution in [0.25, 0.3) is 0 Å². The quantitative estimate of drug-likeness (QED) is 0.607. The molecule has 33 heavy (non-hydrogen) atoms. The first-order valence-electron chi connectivity index (χ1n) is 12.3. The molecule has 2 N–H and O–H groups in total. The third-order valence-corrected chi connectivity index (χ3v) is 6.69. The molecule has 2 aromatic carbocycles. The van der Waals surface area contributed by atoms with Crippen molar-refractivity contribution in [1.29, 1.82) is 0 Å². The van der Waals surface area contributed by atoms with Crippen molar-refractivity contribution in [1.82, 2.24) is 10.2 Å². The van der Waals surface area contributed by atoms with Crippen molar-refractivity contribution < 1.29 is 14.3 Å². The highest BCUT2D eigenvalue weighted by molar-refractivity contribution is 5.94. The molecule has 0 aromatic heterocycles. The van der Waals surface area contributed by atoms with Crippen molar-refractivity contribution in [3.05, 3.63) is 59.7 Å². The molecule has 2 aliphatic rings. The lowest BCUT2D eigenvalue weighted by Crippen LogP contribution is -2.41. The van der Waals surface area contributed by atoms with Gasteiger partial charge >= 0.3 is 6.03 Å². The van der Waals surface area contributed by atoms with Gasteiger partial charge in [0.1, 0.15) is 5.75 Å². The van der Waals surface area contributed by atoms with Crippen molar-refractivity contribution in [2.24, 2.45) is 0 Å². The number of carbonyl (C=O) groups is 2. The number of benzene rings is 2. The van der Waals surface area contributed by atoms with Crippen molar-refractivity contribution in [3.63, 3.8) is 0 Å². The summed E-state index contributed by atoms with van der Waals surface area (Å²) < 4.78 is 5.46. The van der Waals surface area contributed by atoms with Crippen molar-refractivity contribution in [2.75, 3.05) is 25.0 Å². The van der Waals surface area contributed by atoms with Crippen LogP contribution in [0.3, 0.4) is 0 Å². The van der Waals surface area contributed by atoms with Crippen LogP contribution >= 0.6 is 0 Å². The zero-order valence-electron chi connectivity index (χ0n) is 19.5. The van der Waals surface area contributed by atoms with Gasteiger partial charge in [-0.3, -0.25) is 4.79 Å². The zero-order chi connectivity index (χ0) is 23.0. The second-order valence-corrected chi connectivity index (χ2v) is 9.11. The molecule has 1 aliphatic heterocycles. The molecule has 1 heterocycles. The van der Waals surface area contributed by atoms with Gasteiger partial charge in [0.05, 0.1) is 6.61 Å². The lowest BCUT2D eigenvalue weighted by Gasteiger charge is -2.33. The molecule has 1 aliphatic carbocycles. The van der Waals surface area contributed by atoms with Gasteiger partial charge in [-0.1, -0.05) is 31.4 Å². The number of nitrogens with zero attached hydrogens (tertiary/aromatic N) is 1. The normalized spacial score (nSPS) is 19.1. The monoisotopic (exact) mass is 449 g/mol. The number of ether oxygens (including phenoxy) is 1. The van der Waals surface area contributed by atoms with Crippen LogP contribution in [0.15, 0.2) is 48.5 Å². The topological polar surface area (TPSA) is 70.7 Å². The molecule has 1 saturated heterocycles. The molecule has 0 bridgehead atoms. The van der Waals surface area contributed by atoms with Crippen LogP contribution in [0.5, 0.6) is 5.75 Å². The average molecular weight is 450 g/mol. The number of likely N-dealkylation sites (tertiary alicyclic amines) is 1. The molecule has 3 amide bonds. The summed E-state index contributed by atoms with van der Waals surface area (Å²) in [7, 11) is 0. The SMILES string of the molecule is CCOc1ccc(NC(=O)N2CCC[C@@H](c3cccc(C(=O)NC4CCCCC4)c3)C2)cc1. The van der Waals surface area contributed by atoms with Crippen LogP contribution in [0.1, 0.15) is 73.7 Å². The smallest absolute Gasteiger partial charge is 0.321 e. The van der Waals surface area contributed by atoms with E-state index < -0.39 is 0 Å². The predicted octanol–water partition coefficient (Wildman–Crippen LogP) is 5.56. The number of amides is 3. The van der Waals surface area contributed by atoms with Gasteiger partial charge in [0.2, 0.25) is 0 Å². The van der Waals surface area contributed by atoms with Crippen LogP contribution < -0.4 is 15.4 Å². The predicted molar refractivity (Wildman–Crippen MR) is 131 cm³/mol. The van der Waals surface area contributed by atoms with Crippen LogP contribution in [0, 0.1) is 0 Å². The van der Waals surface area contributed by atoms with E-state index in [-0.39, 0.29) is 17.9 Å². The Morgan fingerprint density at radius 3 is 2.55 bits per heavy atom. The van der Waals surface area contributed by atoms with Gasteiger partial charge in [-0.15, -0.1) is 0 Å². The lowest BCUT2D eigenvalue weighted by molar-refractivity contribution is 0.0927. The minimum atomic E-state index is -0.0879. The second-order valence-electron chi connectivity index (χ2n) is 9.11. The van der Waals surface area contributed by atoms with E-state index in [0.29, 0.717) is 24.8 Å². The summed E-state index contributed by atoms with van der Waals surface area (Å²) in [5, 5.41) is 6.20. The number of carbonyl (C=O) groups excluding carboxylic acids is 2. The largest absolute Gasteiger partial charge is 0.494 e. The van der Waals surface area contributed by atoms with Gasteiger partial charge in [-0.05, 0) is 74.6 Å². The van der Waals surface area contributed by atoms with Crippen molar-refractivity contribution >= 4 is 17.6 Å². The maximum absolute atomic E-state index is 12.9. The standard InChI is InChI=1S/C27H35N3O3/c1-2-33-25-15-13-24(14-16-25)29-27(32)30-17-7-10-22(19-30)20-8-6-9-21(18-20)26(31)28-23-11-4-3-5-12-23/h6,8-9,13-16,18,22-23H,2-5,7,10-12,17,19H2,1H3,(H,28,31)(H,29,32)/t22-/m1/s1. The maximum Gasteiger partial charge on any atom is 0.321 e. The molecule has 2 fully saturated rings. The van der Waals surface area contributed by atoms with E-state index >= 15 is 0 Å². The highest BCUT2D eigenvalue weighted by atomic mass is 16.5. The lowest BCUT2D eigenvalue weighted by atomic mass is 9.89. The van der Waals surface area contributed by atoms with E-state index in [2.05, 4.69) is 16.7 Å². The fraction of sp³-hybridized carbons (Fsp3) is 0.481. The van der Waals surface area contributed by atoms with E-state index in [4.69, 9.17) is 4.74 Å². The van der Waals surface area contributed by atoms with Gasteiger partial charge in [0.15, 0.2) is 0 Å². The molecule has 1 saturated carbocycles. The van der Waals surface area contributed by atoms with Gasteiger partial charge in [-0.25, -0.2) is 4.79 Å². The van der Waals surface area contributed by atoms with E-state index in [0.717, 1.165) is 49.2 Å². The van der Waals surface area contributed by atoms with E-state index in [9.17, 15) is 9.59 Å². The third kappa shape index (κ3) is 6.28. The molecule has 6 heteroatoms. The Hall–Kier alpha value is -3.02. The maximum atomic E-state index is 12.9. The molecule has 176 valence electrons. The summed E-state index contributed by atoms with van der Waals surface area (Å²) >= 11 is 0. The number of nitrogens with one attached hydrogen (secondary N) is 2. The number of hydrogen-bond acceptors (Lipinski definition) is 3. The summed E-state index contributed by atoms with van der Waals surface area (Å²) in [4.78, 5) is 27.5. The molecule has 0 radical (unpaired) electrons. The van der Waals surface area contributed by atoms with Crippen LogP contribution in [-0.4, -0.2) is 42.6 Å². The molecule has 0 unspecified atom stereocenters. The Bertz CT molecular complexity index is 938. The Balaban J connectivity index is 1.36. The minimum absolute atomic E-state index is 0.0182. The van der Waals surface area contributed by atoms with Gasteiger partial charge in [0.25, 0.3) is 5.91 Å². The highest BCUT2D eigenvalue weighted by Crippen LogP contribution is 2.28. The average Bonchev–Trinajstić information content (AvgIpc) is 2.86. The first-order chi connectivity index (χ1) is 16.1. The third-order valence-electron chi connectivity index (χ3n) is 6.69. The Labute approximate surface area is 196 Å². The van der Waals surface area contributed by atoms with Crippen LogP contribution in [0.2, 0.25) is 0 Å².